The van der Waals surface area contributed by atoms with E-state index < -0.39 is 0 Å². The summed E-state index contributed by atoms with van der Waals surface area (Å²) < 4.78 is 11.2. The zero-order valence-corrected chi connectivity index (χ0v) is 16.7. The monoisotopic (exact) mass is 386 g/mol. The lowest BCUT2D eigenvalue weighted by molar-refractivity contribution is 0.0750. The number of hydrogen-bond acceptors (Lipinski definition) is 6. The topological polar surface area (TPSA) is 92.1 Å². The molecule has 0 saturated heterocycles. The summed E-state index contributed by atoms with van der Waals surface area (Å²) in [7, 11) is 1.55. The minimum Gasteiger partial charge on any atom is -0.506 e. The SMILES string of the molecule is CCN(Cc1c(CO)cnc(C)c1O)C(=O)c1cc2c(c(OC)c1)OC(C)C2. The highest BCUT2D eigenvalue weighted by atomic mass is 16.5. The summed E-state index contributed by atoms with van der Waals surface area (Å²) in [6, 6.07) is 3.53. The molecule has 1 atom stereocenters. The summed E-state index contributed by atoms with van der Waals surface area (Å²) >= 11 is 0. The smallest absolute Gasteiger partial charge is 0.254 e. The molecule has 2 N–H and O–H groups in total. The number of aryl methyl sites for hydroxylation is 1. The minimum absolute atomic E-state index is 0.00607. The van der Waals surface area contributed by atoms with Crippen LogP contribution < -0.4 is 9.47 Å². The lowest BCUT2D eigenvalue weighted by atomic mass is 10.0. The van der Waals surface area contributed by atoms with Crippen LogP contribution >= 0.6 is 0 Å². The van der Waals surface area contributed by atoms with Crippen molar-refractivity contribution >= 4 is 5.91 Å². The van der Waals surface area contributed by atoms with E-state index in [0.29, 0.717) is 40.4 Å². The van der Waals surface area contributed by atoms with E-state index in [-0.39, 0.29) is 30.9 Å². The number of hydrogen-bond donors (Lipinski definition) is 2. The molecule has 2 heterocycles. The highest BCUT2D eigenvalue weighted by Gasteiger charge is 2.27. The van der Waals surface area contributed by atoms with Crippen molar-refractivity contribution in [3.05, 3.63) is 46.3 Å². The number of amides is 1. The molecular formula is C21H26N2O5. The van der Waals surface area contributed by atoms with Crippen molar-refractivity contribution in [3.63, 3.8) is 0 Å². The lowest BCUT2D eigenvalue weighted by Gasteiger charge is -2.24. The van der Waals surface area contributed by atoms with E-state index in [9.17, 15) is 15.0 Å². The molecule has 0 radical (unpaired) electrons. The van der Waals surface area contributed by atoms with Crippen LogP contribution in [0.25, 0.3) is 0 Å². The number of aromatic hydroxyl groups is 1. The Morgan fingerprint density at radius 3 is 2.82 bits per heavy atom. The molecule has 3 rings (SSSR count). The van der Waals surface area contributed by atoms with Crippen LogP contribution in [0.5, 0.6) is 17.2 Å². The van der Waals surface area contributed by atoms with E-state index in [1.165, 1.54) is 6.20 Å². The molecular weight excluding hydrogens is 360 g/mol. The maximum Gasteiger partial charge on any atom is 0.254 e. The Balaban J connectivity index is 1.94. The van der Waals surface area contributed by atoms with Gasteiger partial charge in [0.2, 0.25) is 0 Å². The average molecular weight is 386 g/mol. The highest BCUT2D eigenvalue weighted by Crippen LogP contribution is 2.39. The van der Waals surface area contributed by atoms with Crippen LogP contribution in [0.4, 0.5) is 0 Å². The first kappa shape index (κ1) is 19.9. The number of aliphatic hydroxyl groups is 1. The number of carbonyl (C=O) groups is 1. The molecule has 1 unspecified atom stereocenters. The maximum absolute atomic E-state index is 13.2. The molecule has 1 aliphatic rings. The van der Waals surface area contributed by atoms with Gasteiger partial charge in [-0.2, -0.15) is 0 Å². The van der Waals surface area contributed by atoms with Crippen LogP contribution in [-0.4, -0.2) is 45.8 Å². The Kier molecular flexibility index (Phi) is 5.74. The fourth-order valence-corrected chi connectivity index (χ4v) is 3.47. The molecule has 28 heavy (non-hydrogen) atoms. The number of aliphatic hydroxyl groups excluding tert-OH is 1. The van der Waals surface area contributed by atoms with Crippen molar-refractivity contribution < 1.29 is 24.5 Å². The third-order valence-corrected chi connectivity index (χ3v) is 5.04. The molecule has 7 heteroatoms. The second kappa shape index (κ2) is 8.06. The fraction of sp³-hybridized carbons (Fsp3) is 0.429. The lowest BCUT2D eigenvalue weighted by Crippen LogP contribution is -2.31. The van der Waals surface area contributed by atoms with E-state index in [2.05, 4.69) is 4.98 Å². The zero-order valence-electron chi connectivity index (χ0n) is 16.7. The van der Waals surface area contributed by atoms with Crippen molar-refractivity contribution in [3.8, 4) is 17.2 Å². The van der Waals surface area contributed by atoms with Gasteiger partial charge in [0.05, 0.1) is 26.0 Å². The zero-order chi connectivity index (χ0) is 20.4. The third-order valence-electron chi connectivity index (χ3n) is 5.04. The first-order valence-corrected chi connectivity index (χ1v) is 9.33. The Morgan fingerprint density at radius 1 is 1.43 bits per heavy atom. The van der Waals surface area contributed by atoms with Gasteiger partial charge < -0.3 is 24.6 Å². The molecule has 1 amide bonds. The largest absolute Gasteiger partial charge is 0.506 e. The standard InChI is InChI=1S/C21H26N2O5/c1-5-23(10-17-16(11-24)9-22-13(3)19(17)25)21(26)15-7-14-6-12(2)28-20(14)18(8-15)27-4/h7-9,12,24-25H,5-6,10-11H2,1-4H3. The van der Waals surface area contributed by atoms with E-state index in [1.54, 1.807) is 25.0 Å². The van der Waals surface area contributed by atoms with Crippen LogP contribution in [0.15, 0.2) is 18.3 Å². The number of pyridine rings is 1. The van der Waals surface area contributed by atoms with Gasteiger partial charge in [-0.25, -0.2) is 0 Å². The summed E-state index contributed by atoms with van der Waals surface area (Å²) in [6.07, 6.45) is 2.29. The van der Waals surface area contributed by atoms with Gasteiger partial charge in [0, 0.05) is 41.4 Å². The Morgan fingerprint density at radius 2 is 2.18 bits per heavy atom. The molecule has 1 aromatic carbocycles. The third kappa shape index (κ3) is 3.62. The molecule has 150 valence electrons. The van der Waals surface area contributed by atoms with Crippen molar-refractivity contribution in [2.75, 3.05) is 13.7 Å². The molecule has 7 nitrogen and oxygen atoms in total. The first-order chi connectivity index (χ1) is 13.4. The van der Waals surface area contributed by atoms with Crippen LogP contribution in [0.3, 0.4) is 0 Å². The van der Waals surface area contributed by atoms with E-state index >= 15 is 0 Å². The molecule has 0 bridgehead atoms. The molecule has 0 saturated carbocycles. The molecule has 2 aromatic rings. The number of rotatable bonds is 6. The van der Waals surface area contributed by atoms with Gasteiger partial charge in [0.25, 0.3) is 5.91 Å². The van der Waals surface area contributed by atoms with Crippen molar-refractivity contribution in [2.45, 2.75) is 46.4 Å². The van der Waals surface area contributed by atoms with Crippen LogP contribution in [-0.2, 0) is 19.6 Å². The number of aromatic nitrogens is 1. The number of carbonyl (C=O) groups excluding carboxylic acids is 1. The predicted octanol–water partition coefficient (Wildman–Crippen LogP) is 2.58. The van der Waals surface area contributed by atoms with Crippen LogP contribution in [0.2, 0.25) is 0 Å². The van der Waals surface area contributed by atoms with Gasteiger partial charge in [-0.05, 0) is 32.9 Å². The number of benzene rings is 1. The van der Waals surface area contributed by atoms with Crippen LogP contribution in [0, 0.1) is 6.92 Å². The fourth-order valence-electron chi connectivity index (χ4n) is 3.47. The molecule has 1 aliphatic heterocycles. The highest BCUT2D eigenvalue weighted by molar-refractivity contribution is 5.95. The molecule has 0 spiro atoms. The van der Waals surface area contributed by atoms with Gasteiger partial charge in [0.15, 0.2) is 11.5 Å². The van der Waals surface area contributed by atoms with E-state index in [4.69, 9.17) is 9.47 Å². The van der Waals surface area contributed by atoms with Gasteiger partial charge in [-0.1, -0.05) is 0 Å². The molecule has 0 aliphatic carbocycles. The first-order valence-electron chi connectivity index (χ1n) is 9.33. The van der Waals surface area contributed by atoms with Crippen molar-refractivity contribution in [1.29, 1.82) is 0 Å². The summed E-state index contributed by atoms with van der Waals surface area (Å²) in [5.74, 6) is 1.06. The van der Waals surface area contributed by atoms with Gasteiger partial charge in [-0.15, -0.1) is 0 Å². The minimum atomic E-state index is -0.260. The normalized spacial score (nSPS) is 15.1. The summed E-state index contributed by atoms with van der Waals surface area (Å²) in [4.78, 5) is 18.9. The second-order valence-corrected chi connectivity index (χ2v) is 6.97. The average Bonchev–Trinajstić information content (AvgIpc) is 3.07. The Bertz CT molecular complexity index is 897. The Hall–Kier alpha value is -2.80. The van der Waals surface area contributed by atoms with E-state index in [0.717, 1.165) is 12.0 Å². The number of methoxy groups -OCH3 is 1. The summed E-state index contributed by atoms with van der Waals surface area (Å²) in [6.45, 7) is 5.89. The number of nitrogens with zero attached hydrogens (tertiary/aromatic N) is 2. The van der Waals surface area contributed by atoms with Gasteiger partial charge >= 0.3 is 0 Å². The summed E-state index contributed by atoms with van der Waals surface area (Å²) in [5.41, 5.74) is 2.93. The van der Waals surface area contributed by atoms with Gasteiger partial charge in [-0.3, -0.25) is 9.78 Å². The number of ether oxygens (including phenoxy) is 2. The maximum atomic E-state index is 13.2. The summed E-state index contributed by atoms with van der Waals surface area (Å²) in [5, 5.41) is 20.0. The van der Waals surface area contributed by atoms with Gasteiger partial charge in [0.1, 0.15) is 11.9 Å². The van der Waals surface area contributed by atoms with Crippen molar-refractivity contribution in [1.82, 2.24) is 9.88 Å². The quantitative estimate of drug-likeness (QED) is 0.793. The van der Waals surface area contributed by atoms with E-state index in [1.807, 2.05) is 19.9 Å². The van der Waals surface area contributed by atoms with Crippen molar-refractivity contribution in [2.24, 2.45) is 0 Å². The van der Waals surface area contributed by atoms with Crippen LogP contribution in [0.1, 0.15) is 46.6 Å². The number of fused-ring (bicyclic) bond motifs is 1. The Labute approximate surface area is 164 Å². The predicted molar refractivity (Wildman–Crippen MR) is 104 cm³/mol. The second-order valence-electron chi connectivity index (χ2n) is 6.97. The molecule has 0 fully saturated rings. The molecule has 1 aromatic heterocycles.